The summed E-state index contributed by atoms with van der Waals surface area (Å²) in [5.74, 6) is 1.38. The molecule has 0 amide bonds. The summed E-state index contributed by atoms with van der Waals surface area (Å²) in [4.78, 5) is 9.20. The summed E-state index contributed by atoms with van der Waals surface area (Å²) in [5.41, 5.74) is 1.57. The molecule has 7 heteroatoms. The van der Waals surface area contributed by atoms with Crippen molar-refractivity contribution in [2.45, 2.75) is 31.6 Å². The number of alkyl halides is 3. The largest absolute Gasteiger partial charge is 0.433 e. The van der Waals surface area contributed by atoms with E-state index in [-0.39, 0.29) is 0 Å². The number of halogens is 3. The number of aromatic amines is 1. The van der Waals surface area contributed by atoms with Crippen LogP contribution in [0.5, 0.6) is 0 Å². The molecular weight excluding hydrogens is 377 g/mol. The van der Waals surface area contributed by atoms with Crippen LogP contribution >= 0.6 is 0 Å². The predicted molar refractivity (Wildman–Crippen MR) is 107 cm³/mol. The van der Waals surface area contributed by atoms with Crippen molar-refractivity contribution in [1.82, 2.24) is 15.3 Å². The van der Waals surface area contributed by atoms with Crippen molar-refractivity contribution >= 4 is 16.7 Å². The van der Waals surface area contributed by atoms with E-state index < -0.39 is 11.9 Å². The molecule has 5 rings (SSSR count). The first-order valence-electron chi connectivity index (χ1n) is 10.1. The fraction of sp³-hybridized carbons (Fsp3) is 0.409. The average molecular weight is 400 g/mol. The quantitative estimate of drug-likeness (QED) is 0.674. The number of nitrogens with zero attached hydrogens (tertiary/aromatic N) is 2. The van der Waals surface area contributed by atoms with Crippen molar-refractivity contribution in [2.24, 2.45) is 11.8 Å². The van der Waals surface area contributed by atoms with Crippen LogP contribution in [-0.4, -0.2) is 29.1 Å². The van der Waals surface area contributed by atoms with E-state index in [4.69, 9.17) is 0 Å². The molecule has 29 heavy (non-hydrogen) atoms. The molecule has 1 aromatic carbocycles. The minimum atomic E-state index is -4.41. The maximum Gasteiger partial charge on any atom is 0.433 e. The van der Waals surface area contributed by atoms with Gasteiger partial charge in [-0.3, -0.25) is 0 Å². The third-order valence-corrected chi connectivity index (χ3v) is 6.44. The zero-order valence-electron chi connectivity index (χ0n) is 15.9. The van der Waals surface area contributed by atoms with Crippen molar-refractivity contribution in [3.8, 4) is 0 Å². The van der Waals surface area contributed by atoms with Gasteiger partial charge in [0.05, 0.1) is 0 Å². The van der Waals surface area contributed by atoms with Crippen molar-refractivity contribution in [1.29, 1.82) is 0 Å². The molecule has 1 aliphatic heterocycles. The maximum absolute atomic E-state index is 13.0. The molecule has 1 saturated carbocycles. The highest BCUT2D eigenvalue weighted by atomic mass is 19.4. The van der Waals surface area contributed by atoms with Crippen molar-refractivity contribution in [3.63, 3.8) is 0 Å². The fourth-order valence-corrected chi connectivity index (χ4v) is 4.98. The highest BCUT2D eigenvalue weighted by Crippen LogP contribution is 2.40. The monoisotopic (exact) mass is 400 g/mol. The first-order valence-corrected chi connectivity index (χ1v) is 10.1. The van der Waals surface area contributed by atoms with Crippen LogP contribution in [0.1, 0.15) is 24.1 Å². The molecule has 2 aliphatic rings. The number of nitrogens with one attached hydrogen (secondary N) is 2. The Labute approximate surface area is 167 Å². The summed E-state index contributed by atoms with van der Waals surface area (Å²) in [7, 11) is 0. The highest BCUT2D eigenvalue weighted by molar-refractivity contribution is 5.82. The van der Waals surface area contributed by atoms with Crippen LogP contribution in [0.25, 0.3) is 10.9 Å². The fourth-order valence-electron chi connectivity index (χ4n) is 4.98. The van der Waals surface area contributed by atoms with Gasteiger partial charge in [-0.15, -0.1) is 0 Å². The van der Waals surface area contributed by atoms with E-state index in [1.54, 1.807) is 6.07 Å². The lowest BCUT2D eigenvalue weighted by molar-refractivity contribution is -0.141. The first kappa shape index (κ1) is 18.5. The Morgan fingerprint density at radius 1 is 1.07 bits per heavy atom. The number of fused-ring (bicyclic) bond motifs is 2. The number of aromatic nitrogens is 2. The van der Waals surface area contributed by atoms with Gasteiger partial charge in [0.2, 0.25) is 0 Å². The van der Waals surface area contributed by atoms with Gasteiger partial charge < -0.3 is 15.2 Å². The lowest BCUT2D eigenvalue weighted by atomic mass is 9.97. The molecule has 2 fully saturated rings. The van der Waals surface area contributed by atoms with Gasteiger partial charge in [0.15, 0.2) is 0 Å². The van der Waals surface area contributed by atoms with Gasteiger partial charge in [-0.2, -0.15) is 13.2 Å². The first-order chi connectivity index (χ1) is 14.0. The van der Waals surface area contributed by atoms with E-state index in [2.05, 4.69) is 33.6 Å². The second kappa shape index (κ2) is 7.06. The van der Waals surface area contributed by atoms with Gasteiger partial charge in [0.1, 0.15) is 11.5 Å². The van der Waals surface area contributed by atoms with Gasteiger partial charge in [-0.25, -0.2) is 4.98 Å². The molecule has 0 spiro atoms. The van der Waals surface area contributed by atoms with E-state index in [1.807, 2.05) is 17.0 Å². The standard InChI is InChI=1S/C22H23F3N4/c23-22(24,25)20-6-3-7-21(28-20)29-12-14-8-9-19(17(14)13-29)27-11-15-10-26-18-5-2-1-4-16(15)18/h1-7,10,14,17,19,26-27H,8-9,11-13H2. The van der Waals surface area contributed by atoms with Crippen molar-refractivity contribution in [2.75, 3.05) is 18.0 Å². The molecule has 4 nitrogen and oxygen atoms in total. The second-order valence-corrected chi connectivity index (χ2v) is 8.13. The molecule has 1 saturated heterocycles. The minimum absolute atomic E-state index is 0.379. The zero-order chi connectivity index (χ0) is 20.0. The van der Waals surface area contributed by atoms with Crippen molar-refractivity contribution < 1.29 is 13.2 Å². The summed E-state index contributed by atoms with van der Waals surface area (Å²) in [6, 6.07) is 12.8. The lowest BCUT2D eigenvalue weighted by Crippen LogP contribution is -2.35. The second-order valence-electron chi connectivity index (χ2n) is 8.13. The molecule has 3 unspecified atom stereocenters. The molecule has 3 aromatic rings. The maximum atomic E-state index is 13.0. The lowest BCUT2D eigenvalue weighted by Gasteiger charge is -2.23. The Balaban J connectivity index is 1.27. The number of para-hydroxylation sites is 1. The van der Waals surface area contributed by atoms with Crippen LogP contribution in [0, 0.1) is 11.8 Å². The number of H-pyrrole nitrogens is 1. The smallest absolute Gasteiger partial charge is 0.361 e. The van der Waals surface area contributed by atoms with Crippen molar-refractivity contribution in [3.05, 3.63) is 59.9 Å². The Morgan fingerprint density at radius 3 is 2.79 bits per heavy atom. The molecule has 152 valence electrons. The zero-order valence-corrected chi connectivity index (χ0v) is 15.9. The van der Waals surface area contributed by atoms with Crippen LogP contribution in [-0.2, 0) is 12.7 Å². The Kier molecular flexibility index (Phi) is 4.50. The predicted octanol–water partition coefficient (Wildman–Crippen LogP) is 4.59. The molecule has 3 heterocycles. The molecular formula is C22H23F3N4. The highest BCUT2D eigenvalue weighted by Gasteiger charge is 2.43. The SMILES string of the molecule is FC(F)(F)c1cccc(N2CC3CCC(NCc4c[nH]c5ccccc45)C3C2)n1. The van der Waals surface area contributed by atoms with E-state index >= 15 is 0 Å². The number of rotatable bonds is 4. The molecule has 2 N–H and O–H groups in total. The Hall–Kier alpha value is -2.54. The number of pyridine rings is 1. The number of hydrogen-bond donors (Lipinski definition) is 2. The van der Waals surface area contributed by atoms with Gasteiger partial charge in [-0.05, 0) is 48.4 Å². The molecule has 2 aromatic heterocycles. The van der Waals surface area contributed by atoms with Gasteiger partial charge in [-0.1, -0.05) is 24.3 Å². The Bertz CT molecular complexity index is 1010. The van der Waals surface area contributed by atoms with Crippen LogP contribution in [0.3, 0.4) is 0 Å². The average Bonchev–Trinajstić information content (AvgIpc) is 3.40. The Morgan fingerprint density at radius 2 is 1.93 bits per heavy atom. The van der Waals surface area contributed by atoms with Crippen LogP contribution in [0.15, 0.2) is 48.7 Å². The van der Waals surface area contributed by atoms with E-state index in [9.17, 15) is 13.2 Å². The third-order valence-electron chi connectivity index (χ3n) is 6.44. The third kappa shape index (κ3) is 3.48. The molecule has 0 radical (unpaired) electrons. The molecule has 0 bridgehead atoms. The van der Waals surface area contributed by atoms with Crippen LogP contribution < -0.4 is 10.2 Å². The van der Waals surface area contributed by atoms with Crippen LogP contribution in [0.4, 0.5) is 19.0 Å². The normalized spacial score (nSPS) is 24.4. The summed E-state index contributed by atoms with van der Waals surface area (Å²) >= 11 is 0. The van der Waals surface area contributed by atoms with Crippen LogP contribution in [0.2, 0.25) is 0 Å². The minimum Gasteiger partial charge on any atom is -0.361 e. The topological polar surface area (TPSA) is 44.0 Å². The summed E-state index contributed by atoms with van der Waals surface area (Å²) < 4.78 is 39.0. The molecule has 1 aliphatic carbocycles. The number of hydrogen-bond acceptors (Lipinski definition) is 3. The van der Waals surface area contributed by atoms with E-state index in [0.29, 0.717) is 23.7 Å². The number of benzene rings is 1. The summed E-state index contributed by atoms with van der Waals surface area (Å²) in [6.45, 7) is 2.33. The summed E-state index contributed by atoms with van der Waals surface area (Å²) in [6.07, 6.45) is -0.139. The molecule has 3 atom stereocenters. The number of anilines is 1. The van der Waals surface area contributed by atoms with Gasteiger partial charge in [0, 0.05) is 42.8 Å². The van der Waals surface area contributed by atoms with Gasteiger partial charge in [0.25, 0.3) is 0 Å². The summed E-state index contributed by atoms with van der Waals surface area (Å²) in [5, 5.41) is 4.94. The van der Waals surface area contributed by atoms with E-state index in [1.165, 1.54) is 17.0 Å². The van der Waals surface area contributed by atoms with Gasteiger partial charge >= 0.3 is 6.18 Å². The van der Waals surface area contributed by atoms with E-state index in [0.717, 1.165) is 44.1 Å².